The van der Waals surface area contributed by atoms with E-state index in [1.807, 2.05) is 41.8 Å². The van der Waals surface area contributed by atoms with Crippen LogP contribution < -0.4 is 15.6 Å². The minimum atomic E-state index is -0.177. The average molecular weight is 483 g/mol. The summed E-state index contributed by atoms with van der Waals surface area (Å²) >= 11 is 3.00. The fourth-order valence-corrected chi connectivity index (χ4v) is 5.43. The number of nitrogens with zero attached hydrogens (tertiary/aromatic N) is 5. The van der Waals surface area contributed by atoms with Gasteiger partial charge in [0.2, 0.25) is 4.96 Å². The largest absolute Gasteiger partial charge is 0.495 e. The van der Waals surface area contributed by atoms with Gasteiger partial charge in [0.25, 0.3) is 5.56 Å². The van der Waals surface area contributed by atoms with Gasteiger partial charge in [-0.15, -0.1) is 11.3 Å². The van der Waals surface area contributed by atoms with E-state index in [-0.39, 0.29) is 11.6 Å². The number of carbonyl (C=O) groups is 1. The molecular weight excluding hydrogens is 460 g/mol. The van der Waals surface area contributed by atoms with Gasteiger partial charge in [-0.25, -0.2) is 9.78 Å². The van der Waals surface area contributed by atoms with Gasteiger partial charge in [0.05, 0.1) is 23.4 Å². The summed E-state index contributed by atoms with van der Waals surface area (Å²) in [6.45, 7) is 3.13. The van der Waals surface area contributed by atoms with Crippen LogP contribution in [0, 0.1) is 0 Å². The van der Waals surface area contributed by atoms with Gasteiger partial charge < -0.3 is 15.0 Å². The Labute approximate surface area is 197 Å². The van der Waals surface area contributed by atoms with Crippen LogP contribution in [-0.2, 0) is 6.54 Å². The lowest BCUT2D eigenvalue weighted by Crippen LogP contribution is -2.49. The van der Waals surface area contributed by atoms with Crippen molar-refractivity contribution in [3.8, 4) is 15.6 Å². The molecule has 9 nitrogen and oxygen atoms in total. The van der Waals surface area contributed by atoms with E-state index in [1.165, 1.54) is 15.9 Å². The van der Waals surface area contributed by atoms with Gasteiger partial charge in [0.1, 0.15) is 5.75 Å². The average Bonchev–Trinajstić information content (AvgIpc) is 3.50. The van der Waals surface area contributed by atoms with Gasteiger partial charge in [0, 0.05) is 38.8 Å². The summed E-state index contributed by atoms with van der Waals surface area (Å²) in [5.41, 5.74) is 1.19. The SMILES string of the molecule is COc1ccccc1NC(=O)N1CCN(Cc2cc(=O)n3nc(-c4cccs4)sc3n2)CC1. The molecule has 1 fully saturated rings. The van der Waals surface area contributed by atoms with Crippen molar-refractivity contribution in [3.63, 3.8) is 0 Å². The first-order valence-corrected chi connectivity index (χ1v) is 12.2. The second-order valence-electron chi connectivity index (χ2n) is 7.56. The molecule has 1 aliphatic heterocycles. The quantitative estimate of drug-likeness (QED) is 0.470. The van der Waals surface area contributed by atoms with Crippen LogP contribution in [0.2, 0.25) is 0 Å². The Kier molecular flexibility index (Phi) is 6.07. The number of ether oxygens (including phenoxy) is 1. The molecule has 1 N–H and O–H groups in total. The molecule has 2 amide bonds. The highest BCUT2D eigenvalue weighted by atomic mass is 32.1. The predicted molar refractivity (Wildman–Crippen MR) is 129 cm³/mol. The summed E-state index contributed by atoms with van der Waals surface area (Å²) in [4.78, 5) is 35.5. The number of hydrogen-bond donors (Lipinski definition) is 1. The number of anilines is 1. The van der Waals surface area contributed by atoms with Crippen molar-refractivity contribution in [2.45, 2.75) is 6.54 Å². The fourth-order valence-electron chi connectivity index (χ4n) is 3.72. The second kappa shape index (κ2) is 9.30. The van der Waals surface area contributed by atoms with Crippen molar-refractivity contribution in [1.29, 1.82) is 0 Å². The summed E-state index contributed by atoms with van der Waals surface area (Å²) in [7, 11) is 1.58. The Morgan fingerprint density at radius 1 is 1.15 bits per heavy atom. The van der Waals surface area contributed by atoms with E-state index >= 15 is 0 Å². The minimum absolute atomic E-state index is 0.150. The number of benzene rings is 1. The van der Waals surface area contributed by atoms with Gasteiger partial charge in [0.15, 0.2) is 5.01 Å². The number of rotatable bonds is 5. The molecule has 0 aliphatic carbocycles. The van der Waals surface area contributed by atoms with E-state index in [0.717, 1.165) is 9.88 Å². The molecule has 33 heavy (non-hydrogen) atoms. The maximum Gasteiger partial charge on any atom is 0.322 e. The smallest absolute Gasteiger partial charge is 0.322 e. The third-order valence-corrected chi connectivity index (χ3v) is 7.37. The molecule has 0 spiro atoms. The highest BCUT2D eigenvalue weighted by molar-refractivity contribution is 7.23. The van der Waals surface area contributed by atoms with Gasteiger partial charge in [-0.3, -0.25) is 9.69 Å². The van der Waals surface area contributed by atoms with Crippen LogP contribution in [-0.4, -0.2) is 63.7 Å². The van der Waals surface area contributed by atoms with Crippen LogP contribution in [0.1, 0.15) is 5.69 Å². The van der Waals surface area contributed by atoms with Gasteiger partial charge in [-0.05, 0) is 23.6 Å². The predicted octanol–water partition coefficient (Wildman–Crippen LogP) is 3.24. The van der Waals surface area contributed by atoms with Crippen molar-refractivity contribution < 1.29 is 9.53 Å². The first kappa shape index (κ1) is 21.6. The van der Waals surface area contributed by atoms with E-state index in [1.54, 1.807) is 29.4 Å². The van der Waals surface area contributed by atoms with Crippen molar-refractivity contribution in [2.24, 2.45) is 0 Å². The van der Waals surface area contributed by atoms with E-state index in [9.17, 15) is 9.59 Å². The van der Waals surface area contributed by atoms with Crippen LogP contribution >= 0.6 is 22.7 Å². The number of nitrogens with one attached hydrogen (secondary N) is 1. The summed E-state index contributed by atoms with van der Waals surface area (Å²) in [6.07, 6.45) is 0. The Morgan fingerprint density at radius 3 is 2.73 bits per heavy atom. The lowest BCUT2D eigenvalue weighted by molar-refractivity contribution is 0.142. The number of fused-ring (bicyclic) bond motifs is 1. The molecule has 170 valence electrons. The number of amides is 2. The van der Waals surface area contributed by atoms with Gasteiger partial charge >= 0.3 is 6.03 Å². The molecule has 0 bridgehead atoms. The number of aromatic nitrogens is 3. The number of urea groups is 1. The maximum absolute atomic E-state index is 12.7. The summed E-state index contributed by atoms with van der Waals surface area (Å²) < 4.78 is 6.67. The zero-order valence-corrected chi connectivity index (χ0v) is 19.6. The Morgan fingerprint density at radius 2 is 1.97 bits per heavy atom. The number of hydrogen-bond acceptors (Lipinski definition) is 8. The molecule has 1 saturated heterocycles. The van der Waals surface area contributed by atoms with Crippen LogP contribution in [0.5, 0.6) is 5.75 Å². The number of piperazine rings is 1. The highest BCUT2D eigenvalue weighted by Crippen LogP contribution is 2.28. The molecule has 5 rings (SSSR count). The van der Waals surface area contributed by atoms with Crippen molar-refractivity contribution in [1.82, 2.24) is 24.4 Å². The fraction of sp³-hybridized carbons (Fsp3) is 0.273. The first-order chi connectivity index (χ1) is 16.1. The molecule has 0 unspecified atom stereocenters. The van der Waals surface area contributed by atoms with E-state index < -0.39 is 0 Å². The lowest BCUT2D eigenvalue weighted by atomic mass is 10.2. The van der Waals surface area contributed by atoms with Crippen LogP contribution in [0.4, 0.5) is 10.5 Å². The molecule has 0 saturated carbocycles. The Balaban J connectivity index is 1.22. The molecule has 1 aromatic carbocycles. The molecule has 0 atom stereocenters. The third-order valence-electron chi connectivity index (χ3n) is 5.42. The Hall–Kier alpha value is -3.28. The monoisotopic (exact) mass is 482 g/mol. The van der Waals surface area contributed by atoms with E-state index in [4.69, 9.17) is 4.74 Å². The van der Waals surface area contributed by atoms with E-state index in [0.29, 0.717) is 54.8 Å². The van der Waals surface area contributed by atoms with Crippen LogP contribution in [0.3, 0.4) is 0 Å². The second-order valence-corrected chi connectivity index (χ2v) is 9.46. The number of thiophene rings is 1. The van der Waals surface area contributed by atoms with E-state index in [2.05, 4.69) is 20.3 Å². The summed E-state index contributed by atoms with van der Waals surface area (Å²) in [5.74, 6) is 0.627. The normalized spacial score (nSPS) is 14.5. The topological polar surface area (TPSA) is 92.1 Å². The number of para-hydroxylation sites is 2. The lowest BCUT2D eigenvalue weighted by Gasteiger charge is -2.34. The summed E-state index contributed by atoms with van der Waals surface area (Å²) in [5, 5.41) is 10.1. The molecular formula is C22H22N6O3S2. The minimum Gasteiger partial charge on any atom is -0.495 e. The van der Waals surface area contributed by atoms with Crippen molar-refractivity contribution in [3.05, 3.63) is 63.9 Å². The zero-order valence-electron chi connectivity index (χ0n) is 17.9. The molecule has 3 aromatic heterocycles. The van der Waals surface area contributed by atoms with Gasteiger partial charge in [-0.1, -0.05) is 29.5 Å². The number of methoxy groups -OCH3 is 1. The highest BCUT2D eigenvalue weighted by Gasteiger charge is 2.22. The number of carbonyl (C=O) groups excluding carboxylic acids is 1. The zero-order chi connectivity index (χ0) is 22.8. The van der Waals surface area contributed by atoms with Crippen molar-refractivity contribution in [2.75, 3.05) is 38.6 Å². The molecule has 4 heterocycles. The molecule has 4 aromatic rings. The third kappa shape index (κ3) is 4.61. The summed E-state index contributed by atoms with van der Waals surface area (Å²) in [6, 6.07) is 12.7. The van der Waals surface area contributed by atoms with Crippen LogP contribution in [0.15, 0.2) is 52.6 Å². The van der Waals surface area contributed by atoms with Crippen LogP contribution in [0.25, 0.3) is 14.8 Å². The standard InChI is InChI=1S/C22H22N6O3S2/c1-31-17-6-3-2-5-16(17)24-21(30)27-10-8-26(9-11-27)14-15-13-19(29)28-22(23-15)33-20(25-28)18-7-4-12-32-18/h2-7,12-13H,8-11,14H2,1H3,(H,24,30). The Bertz CT molecular complexity index is 1330. The molecule has 11 heteroatoms. The van der Waals surface area contributed by atoms with Crippen molar-refractivity contribution >= 4 is 39.4 Å². The first-order valence-electron chi connectivity index (χ1n) is 10.5. The molecule has 0 radical (unpaired) electrons. The van der Waals surface area contributed by atoms with Gasteiger partial charge in [-0.2, -0.15) is 9.61 Å². The maximum atomic E-state index is 12.7. The molecule has 1 aliphatic rings.